The largest absolute Gasteiger partial charge is 0.494 e. The van der Waals surface area contributed by atoms with Gasteiger partial charge in [0.2, 0.25) is 5.91 Å². The van der Waals surface area contributed by atoms with E-state index in [0.717, 1.165) is 38.7 Å². The fourth-order valence-electron chi connectivity index (χ4n) is 3.44. The minimum absolute atomic E-state index is 0.0213. The molecule has 0 bridgehead atoms. The van der Waals surface area contributed by atoms with Crippen molar-refractivity contribution in [3.05, 3.63) is 91.9 Å². The summed E-state index contributed by atoms with van der Waals surface area (Å²) in [4.78, 5) is 38.8. The summed E-state index contributed by atoms with van der Waals surface area (Å²) in [6, 6.07) is 11.3. The second-order valence-corrected chi connectivity index (χ2v) is 8.06. The van der Waals surface area contributed by atoms with Crippen LogP contribution in [-0.4, -0.2) is 21.6 Å². The van der Waals surface area contributed by atoms with Crippen LogP contribution in [0.2, 0.25) is 0 Å². The molecule has 0 fully saturated rings. The van der Waals surface area contributed by atoms with E-state index in [-0.39, 0.29) is 12.2 Å². The lowest BCUT2D eigenvalue weighted by molar-refractivity contribution is -0.116. The third-order valence-electron chi connectivity index (χ3n) is 4.89. The maximum Gasteiger partial charge on any atom is 0.332 e. The van der Waals surface area contributed by atoms with Crippen LogP contribution >= 0.6 is 11.3 Å². The van der Waals surface area contributed by atoms with Crippen LogP contribution in [0, 0.1) is 11.6 Å². The van der Waals surface area contributed by atoms with Crippen LogP contribution in [-0.2, 0) is 17.9 Å². The highest BCUT2D eigenvalue weighted by Crippen LogP contribution is 2.18. The number of nitrogens with one attached hydrogen (secondary N) is 1. The Morgan fingerprint density at radius 3 is 2.70 bits per heavy atom. The van der Waals surface area contributed by atoms with E-state index >= 15 is 0 Å². The number of thiophene rings is 1. The first-order valence-electron chi connectivity index (χ1n) is 10.0. The monoisotopic (exact) mass is 471 g/mol. The van der Waals surface area contributed by atoms with E-state index in [0.29, 0.717) is 28.1 Å². The van der Waals surface area contributed by atoms with E-state index in [2.05, 4.69) is 5.32 Å². The molecule has 0 saturated carbocycles. The molecule has 0 spiro atoms. The fourth-order valence-corrected chi connectivity index (χ4v) is 4.28. The first kappa shape index (κ1) is 22.4. The summed E-state index contributed by atoms with van der Waals surface area (Å²) in [6.07, 6.45) is 0. The van der Waals surface area contributed by atoms with Gasteiger partial charge in [0, 0.05) is 6.07 Å². The van der Waals surface area contributed by atoms with Gasteiger partial charge < -0.3 is 10.1 Å². The third-order valence-corrected chi connectivity index (χ3v) is 5.78. The standard InChI is InChI=1S/C23H19F2N3O4S/c1-2-32-16-5-3-4-14(10-16)12-28-22(30)21-19(8-9-33-21)27(23(28)31)13-20(29)26-18-11-15(24)6-7-17(18)25/h3-11H,2,12-13H2,1H3,(H,26,29). The van der Waals surface area contributed by atoms with Gasteiger partial charge in [0.05, 0.1) is 24.4 Å². The molecule has 0 aliphatic rings. The Hall–Kier alpha value is -3.79. The average molecular weight is 471 g/mol. The van der Waals surface area contributed by atoms with Gasteiger partial charge in [-0.25, -0.2) is 13.6 Å². The zero-order valence-corrected chi connectivity index (χ0v) is 18.3. The molecule has 0 aliphatic carbocycles. The smallest absolute Gasteiger partial charge is 0.332 e. The van der Waals surface area contributed by atoms with Gasteiger partial charge in [0.15, 0.2) is 0 Å². The van der Waals surface area contributed by atoms with Crippen molar-refractivity contribution >= 4 is 33.1 Å². The van der Waals surface area contributed by atoms with Gasteiger partial charge in [0.1, 0.15) is 28.6 Å². The number of nitrogens with zero attached hydrogens (tertiary/aromatic N) is 2. The summed E-state index contributed by atoms with van der Waals surface area (Å²) in [5.41, 5.74) is -0.532. The van der Waals surface area contributed by atoms with Gasteiger partial charge in [-0.05, 0) is 48.2 Å². The molecule has 0 aliphatic heterocycles. The molecule has 2 aromatic heterocycles. The first-order chi connectivity index (χ1) is 15.9. The van der Waals surface area contributed by atoms with Crippen LogP contribution in [0.25, 0.3) is 10.2 Å². The van der Waals surface area contributed by atoms with Crippen LogP contribution in [0.1, 0.15) is 12.5 Å². The molecule has 7 nitrogen and oxygen atoms in total. The van der Waals surface area contributed by atoms with Crippen LogP contribution < -0.4 is 21.3 Å². The van der Waals surface area contributed by atoms with Gasteiger partial charge in [-0.1, -0.05) is 12.1 Å². The molecule has 1 amide bonds. The van der Waals surface area contributed by atoms with Gasteiger partial charge >= 0.3 is 5.69 Å². The quantitative estimate of drug-likeness (QED) is 0.447. The number of hydrogen-bond acceptors (Lipinski definition) is 5. The number of anilines is 1. The van der Waals surface area contributed by atoms with Gasteiger partial charge in [-0.2, -0.15) is 0 Å². The van der Waals surface area contributed by atoms with E-state index in [1.165, 1.54) is 0 Å². The molecule has 1 N–H and O–H groups in total. The number of hydrogen-bond donors (Lipinski definition) is 1. The van der Waals surface area contributed by atoms with Crippen molar-refractivity contribution in [3.63, 3.8) is 0 Å². The number of ether oxygens (including phenoxy) is 1. The molecule has 10 heteroatoms. The lowest BCUT2D eigenvalue weighted by Crippen LogP contribution is -2.41. The predicted octanol–water partition coefficient (Wildman–Crippen LogP) is 3.59. The first-order valence-corrected chi connectivity index (χ1v) is 10.9. The molecule has 0 saturated heterocycles. The van der Waals surface area contributed by atoms with Crippen molar-refractivity contribution in [2.24, 2.45) is 0 Å². The van der Waals surface area contributed by atoms with Crippen LogP contribution in [0.5, 0.6) is 5.75 Å². The molecule has 170 valence electrons. The van der Waals surface area contributed by atoms with Crippen molar-refractivity contribution in [2.45, 2.75) is 20.0 Å². The summed E-state index contributed by atoms with van der Waals surface area (Å²) in [5, 5.41) is 3.92. The van der Waals surface area contributed by atoms with Crippen molar-refractivity contribution < 1.29 is 18.3 Å². The molecule has 0 radical (unpaired) electrons. The summed E-state index contributed by atoms with van der Waals surface area (Å²) < 4.78 is 35.3. The van der Waals surface area contributed by atoms with Crippen LogP contribution in [0.3, 0.4) is 0 Å². The zero-order valence-electron chi connectivity index (χ0n) is 17.5. The number of carbonyl (C=O) groups excluding carboxylic acids is 1. The molecule has 0 unspecified atom stereocenters. The Balaban J connectivity index is 1.70. The Morgan fingerprint density at radius 1 is 1.09 bits per heavy atom. The number of fused-ring (bicyclic) bond motifs is 1. The second-order valence-electron chi connectivity index (χ2n) is 7.15. The van der Waals surface area contributed by atoms with Gasteiger partial charge in [-0.3, -0.25) is 18.7 Å². The molecule has 4 rings (SSSR count). The lowest BCUT2D eigenvalue weighted by atomic mass is 10.2. The Bertz CT molecular complexity index is 1460. The minimum atomic E-state index is -0.808. The number of carbonyl (C=O) groups is 1. The highest BCUT2D eigenvalue weighted by molar-refractivity contribution is 7.17. The lowest BCUT2D eigenvalue weighted by Gasteiger charge is -2.13. The summed E-state index contributed by atoms with van der Waals surface area (Å²) >= 11 is 1.15. The van der Waals surface area contributed by atoms with Crippen molar-refractivity contribution in [3.8, 4) is 5.75 Å². The van der Waals surface area contributed by atoms with Crippen molar-refractivity contribution in [2.75, 3.05) is 11.9 Å². The van der Waals surface area contributed by atoms with Gasteiger partial charge in [0.25, 0.3) is 5.56 Å². The van der Waals surface area contributed by atoms with E-state index in [4.69, 9.17) is 4.74 Å². The number of rotatable bonds is 7. The molecular formula is C23H19F2N3O4S. The molecular weight excluding hydrogens is 452 g/mol. The zero-order chi connectivity index (χ0) is 23.5. The maximum absolute atomic E-state index is 13.9. The Labute approximate surface area is 190 Å². The number of aromatic nitrogens is 2. The van der Waals surface area contributed by atoms with Crippen LogP contribution in [0.4, 0.5) is 14.5 Å². The highest BCUT2D eigenvalue weighted by atomic mass is 32.1. The summed E-state index contributed by atoms with van der Waals surface area (Å²) in [5.74, 6) is -1.65. The fraction of sp³-hybridized carbons (Fsp3) is 0.174. The van der Waals surface area contributed by atoms with Gasteiger partial charge in [-0.15, -0.1) is 11.3 Å². The predicted molar refractivity (Wildman–Crippen MR) is 122 cm³/mol. The van der Waals surface area contributed by atoms with E-state index in [9.17, 15) is 23.2 Å². The summed E-state index contributed by atoms with van der Waals surface area (Å²) in [6.45, 7) is 1.81. The highest BCUT2D eigenvalue weighted by Gasteiger charge is 2.18. The molecule has 2 aromatic carbocycles. The number of amides is 1. The van der Waals surface area contributed by atoms with E-state index < -0.39 is 35.3 Å². The number of halogens is 2. The maximum atomic E-state index is 13.9. The normalized spacial score (nSPS) is 11.0. The van der Waals surface area contributed by atoms with E-state index in [1.807, 2.05) is 6.92 Å². The molecule has 0 atom stereocenters. The average Bonchev–Trinajstić information content (AvgIpc) is 3.27. The van der Waals surface area contributed by atoms with E-state index in [1.54, 1.807) is 35.7 Å². The second kappa shape index (κ2) is 9.37. The van der Waals surface area contributed by atoms with Crippen molar-refractivity contribution in [1.29, 1.82) is 0 Å². The van der Waals surface area contributed by atoms with Crippen LogP contribution in [0.15, 0.2) is 63.5 Å². The Morgan fingerprint density at radius 2 is 1.91 bits per heavy atom. The molecule has 2 heterocycles. The van der Waals surface area contributed by atoms with Crippen molar-refractivity contribution in [1.82, 2.24) is 9.13 Å². The molecule has 4 aromatic rings. The third kappa shape index (κ3) is 4.70. The minimum Gasteiger partial charge on any atom is -0.494 e. The topological polar surface area (TPSA) is 82.3 Å². The SMILES string of the molecule is CCOc1cccc(Cn2c(=O)c3sccc3n(CC(=O)Nc3cc(F)ccc3F)c2=O)c1. The number of benzene rings is 2. The summed E-state index contributed by atoms with van der Waals surface area (Å²) in [7, 11) is 0. The Kier molecular flexibility index (Phi) is 6.36. The molecule has 33 heavy (non-hydrogen) atoms.